The van der Waals surface area contributed by atoms with Crippen molar-refractivity contribution in [1.29, 1.82) is 0 Å². The molecule has 0 aliphatic heterocycles. The molecule has 2 rings (SSSR count). The maximum Gasteiger partial charge on any atom is 0.106 e. The number of benzene rings is 1. The van der Waals surface area contributed by atoms with E-state index in [9.17, 15) is 9.90 Å². The molecule has 0 aliphatic carbocycles. The van der Waals surface area contributed by atoms with Gasteiger partial charge in [-0.3, -0.25) is 0 Å². The standard InChI is InChI=1S/C12H14N2O2/c1-8(12(15)16)7-14-9(2)13-10-5-3-4-6-11(10)14/h3-6,8H,7H2,1-2H3,(H,15,16)/p-1/t8-/m0/s1. The first-order valence-corrected chi connectivity index (χ1v) is 5.22. The second-order valence-electron chi connectivity index (χ2n) is 3.98. The lowest BCUT2D eigenvalue weighted by molar-refractivity contribution is -0.311. The number of rotatable bonds is 3. The number of carbonyl (C=O) groups excluding carboxylic acids is 1. The average molecular weight is 217 g/mol. The highest BCUT2D eigenvalue weighted by Gasteiger charge is 2.10. The molecule has 1 heterocycles. The van der Waals surface area contributed by atoms with Gasteiger partial charge in [0.1, 0.15) is 5.82 Å². The van der Waals surface area contributed by atoms with Crippen molar-refractivity contribution in [2.45, 2.75) is 20.4 Å². The van der Waals surface area contributed by atoms with Crippen molar-refractivity contribution in [3.8, 4) is 0 Å². The molecule has 0 saturated heterocycles. The van der Waals surface area contributed by atoms with Crippen molar-refractivity contribution < 1.29 is 9.90 Å². The van der Waals surface area contributed by atoms with E-state index in [1.54, 1.807) is 6.92 Å². The quantitative estimate of drug-likeness (QED) is 0.761. The number of imidazole rings is 1. The van der Waals surface area contributed by atoms with E-state index < -0.39 is 11.9 Å². The Labute approximate surface area is 93.5 Å². The van der Waals surface area contributed by atoms with Crippen LogP contribution in [0.2, 0.25) is 0 Å². The topological polar surface area (TPSA) is 58.0 Å². The zero-order valence-corrected chi connectivity index (χ0v) is 9.30. The highest BCUT2D eigenvalue weighted by Crippen LogP contribution is 2.16. The Morgan fingerprint density at radius 3 is 2.88 bits per heavy atom. The Kier molecular flexibility index (Phi) is 2.64. The lowest BCUT2D eigenvalue weighted by Gasteiger charge is -2.14. The third kappa shape index (κ3) is 1.78. The van der Waals surface area contributed by atoms with Gasteiger partial charge >= 0.3 is 0 Å². The molecule has 0 N–H and O–H groups in total. The Morgan fingerprint density at radius 1 is 1.50 bits per heavy atom. The summed E-state index contributed by atoms with van der Waals surface area (Å²) in [6.07, 6.45) is 0. The van der Waals surface area contributed by atoms with Gasteiger partial charge < -0.3 is 14.5 Å². The molecule has 1 atom stereocenters. The predicted molar refractivity (Wildman–Crippen MR) is 58.6 cm³/mol. The number of hydrogen-bond donors (Lipinski definition) is 0. The van der Waals surface area contributed by atoms with Gasteiger partial charge in [0.25, 0.3) is 0 Å². The number of aliphatic carboxylic acids is 1. The normalized spacial score (nSPS) is 12.9. The molecule has 0 saturated carbocycles. The van der Waals surface area contributed by atoms with E-state index >= 15 is 0 Å². The fraction of sp³-hybridized carbons (Fsp3) is 0.333. The molecule has 0 bridgehead atoms. The third-order valence-corrected chi connectivity index (χ3v) is 2.70. The van der Waals surface area contributed by atoms with Crippen molar-refractivity contribution in [2.24, 2.45) is 5.92 Å². The smallest absolute Gasteiger partial charge is 0.106 e. The molecule has 1 aromatic carbocycles. The summed E-state index contributed by atoms with van der Waals surface area (Å²) in [5.41, 5.74) is 1.86. The van der Waals surface area contributed by atoms with Crippen molar-refractivity contribution in [2.75, 3.05) is 0 Å². The SMILES string of the molecule is Cc1nc2ccccc2n1C[C@H](C)C(=O)[O-]. The maximum atomic E-state index is 10.7. The van der Waals surface area contributed by atoms with Crippen LogP contribution < -0.4 is 5.11 Å². The second-order valence-corrected chi connectivity index (χ2v) is 3.98. The van der Waals surface area contributed by atoms with Gasteiger partial charge in [-0.1, -0.05) is 19.1 Å². The zero-order valence-electron chi connectivity index (χ0n) is 9.30. The Hall–Kier alpha value is -1.84. The number of fused-ring (bicyclic) bond motifs is 1. The minimum absolute atomic E-state index is 0.397. The van der Waals surface area contributed by atoms with Crippen LogP contribution in [-0.4, -0.2) is 15.5 Å². The van der Waals surface area contributed by atoms with E-state index in [1.165, 1.54) is 0 Å². The molecule has 4 nitrogen and oxygen atoms in total. The fourth-order valence-electron chi connectivity index (χ4n) is 1.77. The number of aryl methyl sites for hydroxylation is 1. The molecule has 0 radical (unpaired) electrons. The minimum atomic E-state index is -1.03. The summed E-state index contributed by atoms with van der Waals surface area (Å²) in [5.74, 6) is -0.720. The van der Waals surface area contributed by atoms with Gasteiger partial charge in [0.05, 0.1) is 11.0 Å². The number of carboxylic acids is 1. The number of para-hydroxylation sites is 2. The first-order valence-electron chi connectivity index (χ1n) is 5.22. The number of nitrogens with zero attached hydrogens (tertiary/aromatic N) is 2. The minimum Gasteiger partial charge on any atom is -0.550 e. The van der Waals surface area contributed by atoms with Crippen LogP contribution in [0.1, 0.15) is 12.7 Å². The van der Waals surface area contributed by atoms with Crippen LogP contribution >= 0.6 is 0 Å². The van der Waals surface area contributed by atoms with Gasteiger partial charge in [-0.25, -0.2) is 4.98 Å². The average Bonchev–Trinajstić information content (AvgIpc) is 2.55. The lowest BCUT2D eigenvalue weighted by atomic mass is 10.2. The summed E-state index contributed by atoms with van der Waals surface area (Å²) >= 11 is 0. The van der Waals surface area contributed by atoms with Crippen LogP contribution in [0.3, 0.4) is 0 Å². The van der Waals surface area contributed by atoms with Crippen molar-refractivity contribution >= 4 is 17.0 Å². The summed E-state index contributed by atoms with van der Waals surface area (Å²) in [6, 6.07) is 7.70. The van der Waals surface area contributed by atoms with E-state index in [-0.39, 0.29) is 0 Å². The van der Waals surface area contributed by atoms with Crippen molar-refractivity contribution in [3.63, 3.8) is 0 Å². The van der Waals surface area contributed by atoms with E-state index in [2.05, 4.69) is 4.98 Å². The molecule has 0 spiro atoms. The Balaban J connectivity index is 2.43. The summed E-state index contributed by atoms with van der Waals surface area (Å²) in [4.78, 5) is 15.1. The van der Waals surface area contributed by atoms with Crippen LogP contribution in [-0.2, 0) is 11.3 Å². The summed E-state index contributed by atoms with van der Waals surface area (Å²) < 4.78 is 1.91. The van der Waals surface area contributed by atoms with Crippen molar-refractivity contribution in [3.05, 3.63) is 30.1 Å². The van der Waals surface area contributed by atoms with Crippen LogP contribution in [0.4, 0.5) is 0 Å². The second kappa shape index (κ2) is 3.96. The molecular weight excluding hydrogens is 204 g/mol. The van der Waals surface area contributed by atoms with Gasteiger partial charge in [-0.05, 0) is 19.1 Å². The van der Waals surface area contributed by atoms with Crippen LogP contribution in [0.5, 0.6) is 0 Å². The summed E-state index contributed by atoms with van der Waals surface area (Å²) in [6.45, 7) is 3.92. The Bertz CT molecular complexity index is 531. The molecule has 4 heteroatoms. The molecular formula is C12H13N2O2-. The number of hydrogen-bond acceptors (Lipinski definition) is 3. The highest BCUT2D eigenvalue weighted by atomic mass is 16.4. The van der Waals surface area contributed by atoms with E-state index in [0.29, 0.717) is 6.54 Å². The lowest BCUT2D eigenvalue weighted by Crippen LogP contribution is -2.32. The van der Waals surface area contributed by atoms with Gasteiger partial charge in [0.2, 0.25) is 0 Å². The van der Waals surface area contributed by atoms with Crippen LogP contribution in [0.15, 0.2) is 24.3 Å². The highest BCUT2D eigenvalue weighted by molar-refractivity contribution is 5.76. The van der Waals surface area contributed by atoms with Crippen LogP contribution in [0, 0.1) is 12.8 Å². The molecule has 1 aromatic heterocycles. The first-order chi connectivity index (χ1) is 7.59. The molecule has 84 valence electrons. The van der Waals surface area contributed by atoms with Gasteiger partial charge in [-0.15, -0.1) is 0 Å². The largest absolute Gasteiger partial charge is 0.550 e. The van der Waals surface area contributed by atoms with Gasteiger partial charge in [0, 0.05) is 18.4 Å². The molecule has 0 fully saturated rings. The van der Waals surface area contributed by atoms with E-state index in [4.69, 9.17) is 0 Å². The summed E-state index contributed by atoms with van der Waals surface area (Å²) in [5, 5.41) is 10.7. The van der Waals surface area contributed by atoms with Crippen LogP contribution in [0.25, 0.3) is 11.0 Å². The predicted octanol–water partition coefficient (Wildman–Crippen LogP) is 0.731. The van der Waals surface area contributed by atoms with E-state index in [1.807, 2.05) is 35.8 Å². The molecule has 16 heavy (non-hydrogen) atoms. The molecule has 0 aliphatic rings. The monoisotopic (exact) mass is 217 g/mol. The summed E-state index contributed by atoms with van der Waals surface area (Å²) in [7, 11) is 0. The zero-order chi connectivity index (χ0) is 11.7. The fourth-order valence-corrected chi connectivity index (χ4v) is 1.77. The maximum absolute atomic E-state index is 10.7. The number of carbonyl (C=O) groups is 1. The van der Waals surface area contributed by atoms with E-state index in [0.717, 1.165) is 16.9 Å². The molecule has 2 aromatic rings. The molecule has 0 unspecified atom stereocenters. The first kappa shape index (κ1) is 10.7. The molecule has 0 amide bonds. The number of carboxylic acid groups (broad SMARTS) is 1. The third-order valence-electron chi connectivity index (χ3n) is 2.70. The number of aromatic nitrogens is 2. The van der Waals surface area contributed by atoms with Crippen molar-refractivity contribution in [1.82, 2.24) is 9.55 Å². The Morgan fingerprint density at radius 2 is 2.19 bits per heavy atom. The van der Waals surface area contributed by atoms with Gasteiger partial charge in [-0.2, -0.15) is 0 Å². The van der Waals surface area contributed by atoms with Gasteiger partial charge in [0.15, 0.2) is 0 Å².